The van der Waals surface area contributed by atoms with Crippen LogP contribution in [0.25, 0.3) is 0 Å². The summed E-state index contributed by atoms with van der Waals surface area (Å²) in [5.41, 5.74) is 4.18. The number of unbranched alkanes of at least 4 members (excludes halogenated alkanes) is 2. The van der Waals surface area contributed by atoms with Gasteiger partial charge >= 0.3 is 0 Å². The molecule has 0 amide bonds. The summed E-state index contributed by atoms with van der Waals surface area (Å²) in [5.74, 6) is 0.366. The molecule has 0 aliphatic rings. The smallest absolute Gasteiger partial charge is 0.137 e. The van der Waals surface area contributed by atoms with Crippen molar-refractivity contribution in [2.75, 3.05) is 0 Å². The van der Waals surface area contributed by atoms with Gasteiger partial charge in [0.15, 0.2) is 0 Å². The molecule has 0 unspecified atom stereocenters. The molecule has 1 aromatic rings. The highest BCUT2D eigenvalue weighted by molar-refractivity contribution is 9.10. The fourth-order valence-electron chi connectivity index (χ4n) is 2.64. The Balaban J connectivity index is 2.81. The molecule has 3 heteroatoms. The van der Waals surface area contributed by atoms with Crippen molar-refractivity contribution in [3.8, 4) is 11.5 Å². The lowest BCUT2D eigenvalue weighted by molar-refractivity contribution is 0.437. The van der Waals surface area contributed by atoms with Crippen molar-refractivity contribution >= 4 is 15.9 Å². The van der Waals surface area contributed by atoms with E-state index in [0.29, 0.717) is 12.0 Å². The van der Waals surface area contributed by atoms with Crippen LogP contribution in [0.4, 0.5) is 0 Å². The number of phenolic OH excluding ortho intramolecular Hbond substituents is 2. The minimum absolute atomic E-state index is 0.176. The SMILES string of the molecule is CCCCCc1cc(O)c(CC=C(C)CCC=C(C)C)c(O)c1Br. The first kappa shape index (κ1) is 20.8. The van der Waals surface area contributed by atoms with Gasteiger partial charge in [0.2, 0.25) is 0 Å². The molecule has 0 spiro atoms. The van der Waals surface area contributed by atoms with E-state index in [1.54, 1.807) is 6.07 Å². The number of halogens is 1. The first-order chi connectivity index (χ1) is 11.4. The van der Waals surface area contributed by atoms with E-state index >= 15 is 0 Å². The van der Waals surface area contributed by atoms with Gasteiger partial charge in [0.05, 0.1) is 4.47 Å². The van der Waals surface area contributed by atoms with E-state index in [1.165, 1.54) is 11.1 Å². The standard InChI is InChI=1S/C21H31BrO2/c1-5-6-7-11-17-14-19(23)18(21(24)20(17)22)13-12-16(4)10-8-9-15(2)3/h9,12,14,23-24H,5-8,10-11,13H2,1-4H3. The molecule has 0 radical (unpaired) electrons. The topological polar surface area (TPSA) is 40.5 Å². The maximum absolute atomic E-state index is 10.4. The van der Waals surface area contributed by atoms with Gasteiger partial charge in [-0.2, -0.15) is 0 Å². The largest absolute Gasteiger partial charge is 0.508 e. The number of allylic oxidation sites excluding steroid dienone is 4. The van der Waals surface area contributed by atoms with Crippen LogP contribution in [0.3, 0.4) is 0 Å². The number of benzene rings is 1. The van der Waals surface area contributed by atoms with Crippen LogP contribution < -0.4 is 0 Å². The normalized spacial score (nSPS) is 11.6. The van der Waals surface area contributed by atoms with Gasteiger partial charge in [0.25, 0.3) is 0 Å². The van der Waals surface area contributed by atoms with Gasteiger partial charge < -0.3 is 10.2 Å². The summed E-state index contributed by atoms with van der Waals surface area (Å²) < 4.78 is 0.724. The van der Waals surface area contributed by atoms with E-state index in [2.05, 4.69) is 55.8 Å². The Morgan fingerprint density at radius 3 is 2.46 bits per heavy atom. The predicted octanol–water partition coefficient (Wildman–Crippen LogP) is 6.83. The number of hydrogen-bond donors (Lipinski definition) is 2. The average molecular weight is 395 g/mol. The van der Waals surface area contributed by atoms with Crippen LogP contribution in [-0.4, -0.2) is 10.2 Å². The highest BCUT2D eigenvalue weighted by atomic mass is 79.9. The Hall–Kier alpha value is -1.22. The second-order valence-electron chi connectivity index (χ2n) is 6.73. The molecule has 1 aromatic carbocycles. The molecule has 0 atom stereocenters. The predicted molar refractivity (Wildman–Crippen MR) is 107 cm³/mol. The molecule has 0 bridgehead atoms. The van der Waals surface area contributed by atoms with Gasteiger partial charge in [0.1, 0.15) is 11.5 Å². The fraction of sp³-hybridized carbons (Fsp3) is 0.524. The molecular weight excluding hydrogens is 364 g/mol. The van der Waals surface area contributed by atoms with E-state index in [1.807, 2.05) is 0 Å². The quantitative estimate of drug-likeness (QED) is 0.355. The molecule has 2 nitrogen and oxygen atoms in total. The molecule has 24 heavy (non-hydrogen) atoms. The molecule has 0 aliphatic heterocycles. The molecule has 134 valence electrons. The molecular formula is C21H31BrO2. The fourth-order valence-corrected chi connectivity index (χ4v) is 3.19. The molecule has 0 fully saturated rings. The number of aromatic hydroxyl groups is 2. The van der Waals surface area contributed by atoms with E-state index < -0.39 is 0 Å². The molecule has 0 aromatic heterocycles. The zero-order chi connectivity index (χ0) is 18.1. The number of hydrogen-bond acceptors (Lipinski definition) is 2. The highest BCUT2D eigenvalue weighted by Gasteiger charge is 2.14. The average Bonchev–Trinajstić information content (AvgIpc) is 2.51. The molecule has 2 N–H and O–H groups in total. The zero-order valence-electron chi connectivity index (χ0n) is 15.5. The summed E-state index contributed by atoms with van der Waals surface area (Å²) in [7, 11) is 0. The number of phenols is 2. The van der Waals surface area contributed by atoms with Crippen LogP contribution in [0.15, 0.2) is 33.8 Å². The summed E-state index contributed by atoms with van der Waals surface area (Å²) in [6.07, 6.45) is 11.2. The lowest BCUT2D eigenvalue weighted by atomic mass is 10.0. The lowest BCUT2D eigenvalue weighted by Gasteiger charge is -2.12. The first-order valence-electron chi connectivity index (χ1n) is 8.88. The van der Waals surface area contributed by atoms with Crippen molar-refractivity contribution in [1.82, 2.24) is 0 Å². The van der Waals surface area contributed by atoms with Gasteiger partial charge in [-0.3, -0.25) is 0 Å². The summed E-state index contributed by atoms with van der Waals surface area (Å²) in [4.78, 5) is 0. The molecule has 0 aliphatic carbocycles. The highest BCUT2D eigenvalue weighted by Crippen LogP contribution is 2.38. The Morgan fingerprint density at radius 1 is 1.12 bits per heavy atom. The summed E-state index contributed by atoms with van der Waals surface area (Å²) in [6, 6.07) is 1.79. The van der Waals surface area contributed by atoms with E-state index in [-0.39, 0.29) is 11.5 Å². The van der Waals surface area contributed by atoms with Crippen LogP contribution in [0, 0.1) is 0 Å². The van der Waals surface area contributed by atoms with Gasteiger partial charge in [-0.25, -0.2) is 0 Å². The van der Waals surface area contributed by atoms with Gasteiger partial charge in [-0.1, -0.05) is 43.1 Å². The van der Waals surface area contributed by atoms with Gasteiger partial charge in [-0.05, 0) is 80.4 Å². The first-order valence-corrected chi connectivity index (χ1v) is 9.67. The maximum Gasteiger partial charge on any atom is 0.137 e. The molecule has 0 heterocycles. The van der Waals surface area contributed by atoms with Crippen molar-refractivity contribution in [3.05, 3.63) is 45.0 Å². The third kappa shape index (κ3) is 6.72. The molecule has 1 rings (SSSR count). The zero-order valence-corrected chi connectivity index (χ0v) is 17.0. The van der Waals surface area contributed by atoms with Crippen LogP contribution in [-0.2, 0) is 12.8 Å². The summed E-state index contributed by atoms with van der Waals surface area (Å²) >= 11 is 3.49. The second-order valence-corrected chi connectivity index (χ2v) is 7.52. The van der Waals surface area contributed by atoms with Crippen molar-refractivity contribution in [3.63, 3.8) is 0 Å². The van der Waals surface area contributed by atoms with Crippen LogP contribution in [0.5, 0.6) is 11.5 Å². The maximum atomic E-state index is 10.4. The number of aryl methyl sites for hydroxylation is 1. The minimum Gasteiger partial charge on any atom is -0.508 e. The Bertz CT molecular complexity index is 596. The third-order valence-electron chi connectivity index (χ3n) is 4.19. The Morgan fingerprint density at radius 2 is 1.83 bits per heavy atom. The summed E-state index contributed by atoms with van der Waals surface area (Å²) in [5, 5.41) is 20.7. The van der Waals surface area contributed by atoms with Crippen LogP contribution in [0.1, 0.15) is 70.9 Å². The summed E-state index contributed by atoms with van der Waals surface area (Å²) in [6.45, 7) is 8.48. The van der Waals surface area contributed by atoms with Gasteiger partial charge in [-0.15, -0.1) is 0 Å². The van der Waals surface area contributed by atoms with Crippen molar-refractivity contribution in [1.29, 1.82) is 0 Å². The van der Waals surface area contributed by atoms with Crippen LogP contribution >= 0.6 is 15.9 Å². The Labute approximate surface area is 155 Å². The van der Waals surface area contributed by atoms with Crippen molar-refractivity contribution in [2.45, 2.75) is 72.6 Å². The molecule has 0 saturated carbocycles. The van der Waals surface area contributed by atoms with E-state index in [0.717, 1.165) is 48.6 Å². The van der Waals surface area contributed by atoms with E-state index in [4.69, 9.17) is 0 Å². The van der Waals surface area contributed by atoms with Crippen molar-refractivity contribution < 1.29 is 10.2 Å². The Kier molecular flexibility index (Phi) is 9.20. The van der Waals surface area contributed by atoms with Gasteiger partial charge in [0, 0.05) is 5.56 Å². The van der Waals surface area contributed by atoms with Crippen molar-refractivity contribution in [2.24, 2.45) is 0 Å². The lowest BCUT2D eigenvalue weighted by Crippen LogP contribution is -1.93. The van der Waals surface area contributed by atoms with Crippen LogP contribution in [0.2, 0.25) is 0 Å². The molecule has 0 saturated heterocycles. The second kappa shape index (κ2) is 10.6. The third-order valence-corrected chi connectivity index (χ3v) is 5.08. The van der Waals surface area contributed by atoms with E-state index in [9.17, 15) is 10.2 Å². The number of rotatable bonds is 9. The minimum atomic E-state index is 0.176. The monoisotopic (exact) mass is 394 g/mol.